The Bertz CT molecular complexity index is 704. The number of hydrogen-bond donors (Lipinski definition) is 2. The van der Waals surface area contributed by atoms with Gasteiger partial charge in [0.25, 0.3) is 0 Å². The first-order chi connectivity index (χ1) is 12.4. The van der Waals surface area contributed by atoms with E-state index in [0.29, 0.717) is 39.1 Å². The molecule has 0 radical (unpaired) electrons. The van der Waals surface area contributed by atoms with Crippen molar-refractivity contribution in [2.24, 2.45) is 5.41 Å². The maximum Gasteiger partial charge on any atom is 0.240 e. The zero-order valence-corrected chi connectivity index (χ0v) is 14.1. The van der Waals surface area contributed by atoms with Gasteiger partial charge in [-0.3, -0.25) is 14.5 Å². The summed E-state index contributed by atoms with van der Waals surface area (Å²) in [7, 11) is 0. The third kappa shape index (κ3) is 3.83. The minimum absolute atomic E-state index is 0.327. The number of carbonyl (C=O) groups is 2. The fourth-order valence-corrected chi connectivity index (χ4v) is 2.87. The van der Waals surface area contributed by atoms with Crippen molar-refractivity contribution in [3.63, 3.8) is 0 Å². The van der Waals surface area contributed by atoms with Crippen LogP contribution in [0.4, 0.5) is 18.9 Å². The van der Waals surface area contributed by atoms with Crippen molar-refractivity contribution in [1.29, 1.82) is 0 Å². The van der Waals surface area contributed by atoms with E-state index >= 15 is 0 Å². The van der Waals surface area contributed by atoms with Crippen LogP contribution in [0.25, 0.3) is 0 Å². The monoisotopic (exact) mass is 371 g/mol. The number of benzene rings is 1. The highest BCUT2D eigenvalue weighted by atomic mass is 19.2. The zero-order chi connectivity index (χ0) is 18.7. The summed E-state index contributed by atoms with van der Waals surface area (Å²) >= 11 is 0. The highest BCUT2D eigenvalue weighted by Crippen LogP contribution is 2.47. The Balaban J connectivity index is 1.55. The van der Waals surface area contributed by atoms with Crippen LogP contribution in [0.1, 0.15) is 12.8 Å². The third-order valence-electron chi connectivity index (χ3n) is 4.72. The second-order valence-electron chi connectivity index (χ2n) is 6.47. The summed E-state index contributed by atoms with van der Waals surface area (Å²) in [5.74, 6) is -5.65. The molecule has 6 nitrogen and oxygen atoms in total. The van der Waals surface area contributed by atoms with E-state index in [1.165, 1.54) is 0 Å². The molecule has 1 aliphatic carbocycles. The predicted octanol–water partition coefficient (Wildman–Crippen LogP) is 1.27. The van der Waals surface area contributed by atoms with E-state index in [2.05, 4.69) is 15.5 Å². The molecule has 1 aromatic rings. The summed E-state index contributed by atoms with van der Waals surface area (Å²) in [6, 6.07) is 1.65. The molecule has 1 saturated heterocycles. The molecule has 1 heterocycles. The van der Waals surface area contributed by atoms with Crippen LogP contribution in [0.2, 0.25) is 0 Å². The number of carbonyl (C=O) groups excluding carboxylic acids is 2. The van der Waals surface area contributed by atoms with E-state index in [1.54, 1.807) is 0 Å². The summed E-state index contributed by atoms with van der Waals surface area (Å²) in [5.41, 5.74) is -1.76. The molecule has 0 aromatic heterocycles. The van der Waals surface area contributed by atoms with Gasteiger partial charge in [0.1, 0.15) is 5.41 Å². The summed E-state index contributed by atoms with van der Waals surface area (Å²) in [6.45, 7) is 3.91. The normalized spacial score (nSPS) is 19.0. The van der Waals surface area contributed by atoms with Gasteiger partial charge in [-0.2, -0.15) is 0 Å². The van der Waals surface area contributed by atoms with Crippen LogP contribution in [-0.4, -0.2) is 56.1 Å². The Hall–Kier alpha value is -2.13. The second-order valence-corrected chi connectivity index (χ2v) is 6.47. The molecular formula is C17H20F3N3O3. The average molecular weight is 371 g/mol. The summed E-state index contributed by atoms with van der Waals surface area (Å²) in [5, 5.41) is 4.92. The Morgan fingerprint density at radius 2 is 1.77 bits per heavy atom. The van der Waals surface area contributed by atoms with Crippen molar-refractivity contribution in [2.45, 2.75) is 12.8 Å². The highest BCUT2D eigenvalue weighted by molar-refractivity contribution is 6.13. The molecule has 0 unspecified atom stereocenters. The van der Waals surface area contributed by atoms with Crippen molar-refractivity contribution in [1.82, 2.24) is 10.2 Å². The van der Waals surface area contributed by atoms with Crippen LogP contribution < -0.4 is 10.6 Å². The van der Waals surface area contributed by atoms with Gasteiger partial charge in [0.2, 0.25) is 11.8 Å². The lowest BCUT2D eigenvalue weighted by atomic mass is 10.0. The molecule has 2 N–H and O–H groups in total. The van der Waals surface area contributed by atoms with Gasteiger partial charge in [-0.05, 0) is 25.0 Å². The fraction of sp³-hybridized carbons (Fsp3) is 0.529. The van der Waals surface area contributed by atoms with Crippen LogP contribution in [0.3, 0.4) is 0 Å². The Kier molecular flexibility index (Phi) is 5.47. The molecule has 26 heavy (non-hydrogen) atoms. The summed E-state index contributed by atoms with van der Waals surface area (Å²) in [6.07, 6.45) is 0.654. The Morgan fingerprint density at radius 1 is 1.08 bits per heavy atom. The van der Waals surface area contributed by atoms with Crippen molar-refractivity contribution < 1.29 is 27.5 Å². The van der Waals surface area contributed by atoms with Crippen LogP contribution in [0.15, 0.2) is 12.1 Å². The maximum atomic E-state index is 13.7. The Morgan fingerprint density at radius 3 is 2.42 bits per heavy atom. The van der Waals surface area contributed by atoms with Gasteiger partial charge in [-0.1, -0.05) is 0 Å². The molecule has 2 aliphatic rings. The van der Waals surface area contributed by atoms with Crippen molar-refractivity contribution in [2.75, 3.05) is 44.7 Å². The van der Waals surface area contributed by atoms with Crippen LogP contribution in [0, 0.1) is 22.9 Å². The molecule has 9 heteroatoms. The van der Waals surface area contributed by atoms with Crippen molar-refractivity contribution >= 4 is 17.5 Å². The lowest BCUT2D eigenvalue weighted by molar-refractivity contribution is -0.134. The smallest absolute Gasteiger partial charge is 0.240 e. The number of hydrogen-bond acceptors (Lipinski definition) is 4. The summed E-state index contributed by atoms with van der Waals surface area (Å²) < 4.78 is 45.2. The zero-order valence-electron chi connectivity index (χ0n) is 14.1. The van der Waals surface area contributed by atoms with Crippen molar-refractivity contribution in [3.05, 3.63) is 29.6 Å². The van der Waals surface area contributed by atoms with Gasteiger partial charge in [-0.15, -0.1) is 0 Å². The van der Waals surface area contributed by atoms with E-state index < -0.39 is 40.4 Å². The van der Waals surface area contributed by atoms with E-state index in [-0.39, 0.29) is 0 Å². The fourth-order valence-electron chi connectivity index (χ4n) is 2.87. The topological polar surface area (TPSA) is 70.7 Å². The predicted molar refractivity (Wildman–Crippen MR) is 86.9 cm³/mol. The van der Waals surface area contributed by atoms with E-state index in [0.717, 1.165) is 25.2 Å². The number of anilines is 1. The minimum Gasteiger partial charge on any atom is -0.379 e. The molecule has 2 amide bonds. The molecule has 2 fully saturated rings. The number of halogens is 3. The highest BCUT2D eigenvalue weighted by Gasteiger charge is 2.56. The quantitative estimate of drug-likeness (QED) is 0.584. The van der Waals surface area contributed by atoms with Crippen LogP contribution >= 0.6 is 0 Å². The third-order valence-corrected chi connectivity index (χ3v) is 4.72. The van der Waals surface area contributed by atoms with Crippen LogP contribution in [0.5, 0.6) is 0 Å². The number of nitrogens with zero attached hydrogens (tertiary/aromatic N) is 1. The van der Waals surface area contributed by atoms with Gasteiger partial charge in [0, 0.05) is 26.2 Å². The summed E-state index contributed by atoms with van der Waals surface area (Å²) in [4.78, 5) is 26.9. The molecule has 142 valence electrons. The average Bonchev–Trinajstić information content (AvgIpc) is 3.45. The number of morpholine rings is 1. The number of ether oxygens (including phenoxy) is 1. The molecule has 0 bridgehead atoms. The van der Waals surface area contributed by atoms with Crippen LogP contribution in [-0.2, 0) is 14.3 Å². The number of amides is 2. The molecule has 1 aromatic carbocycles. The lowest BCUT2D eigenvalue weighted by Gasteiger charge is -2.26. The second kappa shape index (κ2) is 7.63. The first-order valence-corrected chi connectivity index (χ1v) is 8.47. The molecule has 0 atom stereocenters. The molecular weight excluding hydrogens is 351 g/mol. The van der Waals surface area contributed by atoms with Gasteiger partial charge in [0.05, 0.1) is 18.9 Å². The standard InChI is InChI=1S/C17H20F3N3O3/c18-11-1-2-12(14(20)13(11)19)22-16(25)17(3-4-17)15(24)21-5-6-23-7-9-26-10-8-23/h1-2H,3-10H2,(H,21,24)(H,22,25). The minimum atomic E-state index is -1.66. The van der Waals surface area contributed by atoms with Gasteiger partial charge in [-0.25, -0.2) is 13.2 Å². The largest absolute Gasteiger partial charge is 0.379 e. The SMILES string of the molecule is O=C(NCCN1CCOCC1)C1(C(=O)Nc2ccc(F)c(F)c2F)CC1. The van der Waals surface area contributed by atoms with Crippen molar-refractivity contribution in [3.8, 4) is 0 Å². The van der Waals surface area contributed by atoms with Gasteiger partial charge in [0.15, 0.2) is 17.5 Å². The first-order valence-electron chi connectivity index (χ1n) is 8.47. The lowest BCUT2D eigenvalue weighted by Crippen LogP contribution is -2.45. The Labute approximate surface area is 148 Å². The molecule has 1 aliphatic heterocycles. The van der Waals surface area contributed by atoms with Gasteiger partial charge >= 0.3 is 0 Å². The number of nitrogens with one attached hydrogen (secondary N) is 2. The van der Waals surface area contributed by atoms with Gasteiger partial charge < -0.3 is 15.4 Å². The molecule has 0 spiro atoms. The van der Waals surface area contributed by atoms with E-state index in [1.807, 2.05) is 0 Å². The molecule has 3 rings (SSSR count). The number of rotatable bonds is 6. The van der Waals surface area contributed by atoms with E-state index in [4.69, 9.17) is 4.74 Å². The molecule has 1 saturated carbocycles. The maximum absolute atomic E-state index is 13.7. The van der Waals surface area contributed by atoms with E-state index in [9.17, 15) is 22.8 Å². The first kappa shape index (κ1) is 18.7.